The number of nitrogens with two attached hydrogens (primary N) is 1. The van der Waals surface area contributed by atoms with Gasteiger partial charge in [0.25, 0.3) is 0 Å². The molecule has 7 nitrogen and oxygen atoms in total. The van der Waals surface area contributed by atoms with E-state index < -0.39 is 35.0 Å². The number of hydrogen-bond donors (Lipinski definition) is 3. The van der Waals surface area contributed by atoms with Gasteiger partial charge in [-0.15, -0.1) is 0 Å². The first-order chi connectivity index (χ1) is 18.6. The number of carbonyl (C=O) groups is 2. The summed E-state index contributed by atoms with van der Waals surface area (Å²) >= 11 is 0. The number of benzene rings is 1. The molecular formula is C30H39F2N3O4. The van der Waals surface area contributed by atoms with Crippen LogP contribution in [0.4, 0.5) is 8.78 Å². The van der Waals surface area contributed by atoms with Crippen LogP contribution in [0.15, 0.2) is 64.3 Å². The average molecular weight is 544 g/mol. The Labute approximate surface area is 228 Å². The van der Waals surface area contributed by atoms with Gasteiger partial charge in [0.15, 0.2) is 0 Å². The summed E-state index contributed by atoms with van der Waals surface area (Å²) in [5.41, 5.74) is 5.93. The van der Waals surface area contributed by atoms with E-state index in [1.807, 2.05) is 13.8 Å². The summed E-state index contributed by atoms with van der Waals surface area (Å²) in [6.07, 6.45) is 5.32. The molecule has 39 heavy (non-hydrogen) atoms. The SMILES string of the molecule is CCCN(CCC)C(=O)C1=CC(C)=CC(C(N)=O)([C@H](Cc2cc(F)cc(F)c2)[C@@H](O)CNCc2ccco2)C1. The monoisotopic (exact) mass is 543 g/mol. The lowest BCUT2D eigenvalue weighted by Crippen LogP contribution is -2.51. The Bertz CT molecular complexity index is 1170. The minimum absolute atomic E-state index is 0.0276. The van der Waals surface area contributed by atoms with Gasteiger partial charge in [-0.2, -0.15) is 0 Å². The van der Waals surface area contributed by atoms with Crippen LogP contribution in [0.5, 0.6) is 0 Å². The maximum absolute atomic E-state index is 14.1. The van der Waals surface area contributed by atoms with Crippen LogP contribution in [0.1, 0.15) is 51.4 Å². The third-order valence-electron chi connectivity index (χ3n) is 7.11. The fourth-order valence-corrected chi connectivity index (χ4v) is 5.46. The Morgan fingerprint density at radius 1 is 1.18 bits per heavy atom. The van der Waals surface area contributed by atoms with E-state index in [0.29, 0.717) is 36.5 Å². The second kappa shape index (κ2) is 13.7. The van der Waals surface area contributed by atoms with Gasteiger partial charge >= 0.3 is 0 Å². The van der Waals surface area contributed by atoms with Crippen molar-refractivity contribution in [1.82, 2.24) is 10.2 Å². The van der Waals surface area contributed by atoms with Crippen LogP contribution in [0.25, 0.3) is 0 Å². The summed E-state index contributed by atoms with van der Waals surface area (Å²) in [4.78, 5) is 28.6. The molecule has 0 saturated heterocycles. The smallest absolute Gasteiger partial charge is 0.249 e. The number of nitrogens with zero attached hydrogens (tertiary/aromatic N) is 1. The average Bonchev–Trinajstić information content (AvgIpc) is 3.39. The van der Waals surface area contributed by atoms with Gasteiger partial charge in [-0.3, -0.25) is 9.59 Å². The molecule has 3 rings (SSSR count). The molecule has 1 aromatic heterocycles. The predicted octanol–water partition coefficient (Wildman–Crippen LogP) is 4.26. The molecule has 0 spiro atoms. The molecule has 0 saturated carbocycles. The van der Waals surface area contributed by atoms with Crippen molar-refractivity contribution < 1.29 is 27.9 Å². The third kappa shape index (κ3) is 7.64. The molecule has 0 fully saturated rings. The molecule has 0 aliphatic heterocycles. The van der Waals surface area contributed by atoms with E-state index >= 15 is 0 Å². The lowest BCUT2D eigenvalue weighted by Gasteiger charge is -2.42. The molecule has 3 atom stereocenters. The Kier molecular flexibility index (Phi) is 10.6. The van der Waals surface area contributed by atoms with E-state index in [0.717, 1.165) is 18.9 Å². The van der Waals surface area contributed by atoms with E-state index in [-0.39, 0.29) is 30.9 Å². The Morgan fingerprint density at radius 3 is 2.41 bits per heavy atom. The molecule has 2 aromatic rings. The molecule has 0 bridgehead atoms. The fraction of sp³-hybridized carbons (Fsp3) is 0.467. The summed E-state index contributed by atoms with van der Waals surface area (Å²) in [5, 5.41) is 14.6. The first-order valence-corrected chi connectivity index (χ1v) is 13.4. The zero-order valence-corrected chi connectivity index (χ0v) is 22.9. The molecule has 9 heteroatoms. The van der Waals surface area contributed by atoms with E-state index in [1.54, 1.807) is 36.1 Å². The highest BCUT2D eigenvalue weighted by Gasteiger charge is 2.48. The van der Waals surface area contributed by atoms with Gasteiger partial charge in [0.2, 0.25) is 11.8 Å². The fourth-order valence-electron chi connectivity index (χ4n) is 5.46. The summed E-state index contributed by atoms with van der Waals surface area (Å²) in [6, 6.07) is 6.66. The van der Waals surface area contributed by atoms with Crippen LogP contribution in [0, 0.1) is 23.0 Å². The molecule has 4 N–H and O–H groups in total. The molecule has 2 amide bonds. The molecule has 1 aliphatic rings. The predicted molar refractivity (Wildman–Crippen MR) is 145 cm³/mol. The lowest BCUT2D eigenvalue weighted by molar-refractivity contribution is -0.132. The lowest BCUT2D eigenvalue weighted by atomic mass is 9.63. The van der Waals surface area contributed by atoms with E-state index in [9.17, 15) is 23.5 Å². The normalized spacial score (nSPS) is 18.7. The summed E-state index contributed by atoms with van der Waals surface area (Å²) in [5.74, 6) is -2.65. The topological polar surface area (TPSA) is 109 Å². The van der Waals surface area contributed by atoms with Crippen LogP contribution in [0.3, 0.4) is 0 Å². The zero-order valence-electron chi connectivity index (χ0n) is 22.9. The van der Waals surface area contributed by atoms with Gasteiger partial charge in [-0.25, -0.2) is 8.78 Å². The van der Waals surface area contributed by atoms with Crippen LogP contribution < -0.4 is 11.1 Å². The molecule has 212 valence electrons. The highest BCUT2D eigenvalue weighted by atomic mass is 19.1. The first-order valence-electron chi connectivity index (χ1n) is 13.4. The molecule has 1 aliphatic carbocycles. The van der Waals surface area contributed by atoms with Crippen molar-refractivity contribution in [1.29, 1.82) is 0 Å². The minimum atomic E-state index is -1.47. The highest BCUT2D eigenvalue weighted by molar-refractivity contribution is 5.96. The number of allylic oxidation sites excluding steroid dienone is 2. The van der Waals surface area contributed by atoms with E-state index in [1.165, 1.54) is 18.4 Å². The van der Waals surface area contributed by atoms with Crippen LogP contribution in [0.2, 0.25) is 0 Å². The maximum Gasteiger partial charge on any atom is 0.249 e. The quantitative estimate of drug-likeness (QED) is 0.330. The van der Waals surface area contributed by atoms with Crippen molar-refractivity contribution >= 4 is 11.8 Å². The van der Waals surface area contributed by atoms with E-state index in [4.69, 9.17) is 10.2 Å². The molecule has 1 aromatic carbocycles. The van der Waals surface area contributed by atoms with Crippen molar-refractivity contribution in [2.24, 2.45) is 17.1 Å². The number of hydrogen-bond acceptors (Lipinski definition) is 5. The van der Waals surface area contributed by atoms with E-state index in [2.05, 4.69) is 5.32 Å². The first kappa shape index (κ1) is 30.2. The Balaban J connectivity index is 1.99. The minimum Gasteiger partial charge on any atom is -0.468 e. The number of furan rings is 1. The standard InChI is InChI=1S/C30H39F2N3O4/c1-4-8-35(9-5-2)28(37)22-11-20(3)16-30(17-22,29(33)38)26(14-21-12-23(31)15-24(32)13-21)27(36)19-34-18-25-7-6-10-39-25/h6-7,10-13,15-16,26-27,34,36H,4-5,8-9,14,17-19H2,1-3H3,(H2,33,38)/t26-,27+,30?/m1/s1. The number of aliphatic hydroxyl groups is 1. The maximum atomic E-state index is 14.1. The molecule has 1 unspecified atom stereocenters. The van der Waals surface area contributed by atoms with Crippen LogP contribution in [-0.2, 0) is 22.6 Å². The number of halogens is 2. The number of amides is 2. The van der Waals surface area contributed by atoms with Crippen molar-refractivity contribution in [3.05, 3.63) is 82.9 Å². The van der Waals surface area contributed by atoms with Gasteiger partial charge in [0, 0.05) is 37.2 Å². The Morgan fingerprint density at radius 2 is 1.85 bits per heavy atom. The summed E-state index contributed by atoms with van der Waals surface area (Å²) < 4.78 is 33.6. The highest BCUT2D eigenvalue weighted by Crippen LogP contribution is 2.44. The number of rotatable bonds is 14. The van der Waals surface area contributed by atoms with Gasteiger partial charge in [0.1, 0.15) is 17.4 Å². The van der Waals surface area contributed by atoms with Crippen LogP contribution >= 0.6 is 0 Å². The number of carbonyl (C=O) groups excluding carboxylic acids is 2. The third-order valence-corrected chi connectivity index (χ3v) is 7.11. The second-order valence-corrected chi connectivity index (χ2v) is 10.3. The largest absolute Gasteiger partial charge is 0.468 e. The number of nitrogens with one attached hydrogen (secondary N) is 1. The van der Waals surface area contributed by atoms with Gasteiger partial charge in [0.05, 0.1) is 24.3 Å². The van der Waals surface area contributed by atoms with Crippen LogP contribution in [-0.4, -0.2) is 47.6 Å². The van der Waals surface area contributed by atoms with Crippen molar-refractivity contribution in [3.8, 4) is 0 Å². The summed E-state index contributed by atoms with van der Waals surface area (Å²) in [7, 11) is 0. The van der Waals surface area contributed by atoms with Crippen molar-refractivity contribution in [2.75, 3.05) is 19.6 Å². The van der Waals surface area contributed by atoms with Gasteiger partial charge in [-0.1, -0.05) is 31.6 Å². The second-order valence-electron chi connectivity index (χ2n) is 10.3. The van der Waals surface area contributed by atoms with Gasteiger partial charge < -0.3 is 25.5 Å². The number of aliphatic hydroxyl groups excluding tert-OH is 1. The van der Waals surface area contributed by atoms with Gasteiger partial charge in [-0.05, 0) is 62.4 Å². The number of primary amides is 1. The van der Waals surface area contributed by atoms with Crippen molar-refractivity contribution in [3.63, 3.8) is 0 Å². The molecule has 0 radical (unpaired) electrons. The van der Waals surface area contributed by atoms with Crippen molar-refractivity contribution in [2.45, 2.75) is 59.1 Å². The zero-order chi connectivity index (χ0) is 28.6. The molecular weight excluding hydrogens is 504 g/mol. The Hall–Kier alpha value is -3.30. The molecule has 1 heterocycles. The summed E-state index contributed by atoms with van der Waals surface area (Å²) in [6.45, 7) is 7.28.